The number of rotatable bonds is 8. The third kappa shape index (κ3) is 6.25. The molecule has 76 valence electrons. The fraction of sp³-hybridized carbons (Fsp3) is 0.889. The molecular weight excluding hydrogens is 170 g/mol. The Kier molecular flexibility index (Phi) is 7.15. The molecule has 4 nitrogen and oxygen atoms in total. The number of aldehydes is 1. The summed E-state index contributed by atoms with van der Waals surface area (Å²) in [7, 11) is 0. The Morgan fingerprint density at radius 2 is 2.08 bits per heavy atom. The van der Waals surface area contributed by atoms with Gasteiger partial charge in [-0.2, -0.15) is 0 Å². The normalized spacial score (nSPS) is 12.4. The lowest BCUT2D eigenvalue weighted by Gasteiger charge is -2.06. The van der Waals surface area contributed by atoms with E-state index in [9.17, 15) is 14.9 Å². The minimum absolute atomic E-state index is 0.265. The summed E-state index contributed by atoms with van der Waals surface area (Å²) < 4.78 is 0. The van der Waals surface area contributed by atoms with E-state index in [1.807, 2.05) is 0 Å². The molecule has 13 heavy (non-hydrogen) atoms. The topological polar surface area (TPSA) is 60.2 Å². The van der Waals surface area contributed by atoms with Gasteiger partial charge in [0.15, 0.2) is 0 Å². The molecule has 1 unspecified atom stereocenters. The Hall–Kier alpha value is -0.930. The molecule has 0 aliphatic carbocycles. The van der Waals surface area contributed by atoms with Crippen LogP contribution in [0.2, 0.25) is 0 Å². The first-order valence-electron chi connectivity index (χ1n) is 4.79. The van der Waals surface area contributed by atoms with Crippen molar-refractivity contribution >= 4 is 6.29 Å². The van der Waals surface area contributed by atoms with E-state index in [-0.39, 0.29) is 4.92 Å². The average molecular weight is 187 g/mol. The van der Waals surface area contributed by atoms with Crippen LogP contribution in [0.4, 0.5) is 0 Å². The quantitative estimate of drug-likeness (QED) is 0.253. The van der Waals surface area contributed by atoms with Crippen molar-refractivity contribution in [1.29, 1.82) is 0 Å². The van der Waals surface area contributed by atoms with Crippen LogP contribution in [0.5, 0.6) is 0 Å². The predicted octanol–water partition coefficient (Wildman–Crippen LogP) is 2.19. The zero-order chi connectivity index (χ0) is 10.1. The van der Waals surface area contributed by atoms with Crippen molar-refractivity contribution in [2.45, 2.75) is 51.5 Å². The van der Waals surface area contributed by atoms with E-state index < -0.39 is 6.04 Å². The summed E-state index contributed by atoms with van der Waals surface area (Å²) >= 11 is 0. The first kappa shape index (κ1) is 12.1. The summed E-state index contributed by atoms with van der Waals surface area (Å²) in [5.74, 6) is 0. The molecular formula is C9H17NO3. The van der Waals surface area contributed by atoms with Gasteiger partial charge < -0.3 is 4.79 Å². The van der Waals surface area contributed by atoms with E-state index in [0.29, 0.717) is 19.3 Å². The van der Waals surface area contributed by atoms with Crippen molar-refractivity contribution in [3.8, 4) is 0 Å². The van der Waals surface area contributed by atoms with Crippen LogP contribution in [-0.4, -0.2) is 17.3 Å². The van der Waals surface area contributed by atoms with Crippen LogP contribution in [0.3, 0.4) is 0 Å². The lowest BCUT2D eigenvalue weighted by Crippen LogP contribution is -2.19. The summed E-state index contributed by atoms with van der Waals surface area (Å²) in [6, 6.07) is -0.517. The second kappa shape index (κ2) is 7.71. The van der Waals surface area contributed by atoms with E-state index in [1.165, 1.54) is 0 Å². The van der Waals surface area contributed by atoms with E-state index in [1.54, 1.807) is 0 Å². The van der Waals surface area contributed by atoms with E-state index in [2.05, 4.69) is 6.92 Å². The molecule has 0 aromatic carbocycles. The zero-order valence-corrected chi connectivity index (χ0v) is 8.07. The molecule has 0 radical (unpaired) electrons. The molecule has 0 spiro atoms. The number of carbonyl (C=O) groups excluding carboxylic acids is 1. The number of unbranched alkanes of at least 4 members (excludes halogenated alkanes) is 2. The van der Waals surface area contributed by atoms with E-state index in [4.69, 9.17) is 0 Å². The van der Waals surface area contributed by atoms with Gasteiger partial charge in [-0.3, -0.25) is 10.1 Å². The third-order valence-electron chi connectivity index (χ3n) is 2.06. The number of hydrogen-bond donors (Lipinski definition) is 0. The SMILES string of the molecule is CCCCCC(CCC=O)[N+](=O)[O-]. The van der Waals surface area contributed by atoms with Crippen molar-refractivity contribution in [3.05, 3.63) is 10.1 Å². The maximum atomic E-state index is 10.5. The second-order valence-electron chi connectivity index (χ2n) is 3.18. The largest absolute Gasteiger partial charge is 0.303 e. The molecule has 0 rings (SSSR count). The minimum Gasteiger partial charge on any atom is -0.303 e. The van der Waals surface area contributed by atoms with Crippen LogP contribution in [0, 0.1) is 10.1 Å². The maximum absolute atomic E-state index is 10.5. The Bertz CT molecular complexity index is 159. The maximum Gasteiger partial charge on any atom is 0.213 e. The summed E-state index contributed by atoms with van der Waals surface area (Å²) in [5, 5.41) is 10.5. The molecule has 0 aliphatic rings. The number of hydrogen-bond acceptors (Lipinski definition) is 3. The standard InChI is InChI=1S/C9H17NO3/c1-2-3-4-6-9(10(12)13)7-5-8-11/h8-9H,2-7H2,1H3. The lowest BCUT2D eigenvalue weighted by atomic mass is 10.1. The number of carbonyl (C=O) groups is 1. The number of nitrogens with zero attached hydrogens (tertiary/aromatic N) is 1. The average Bonchev–Trinajstić information content (AvgIpc) is 2.10. The smallest absolute Gasteiger partial charge is 0.213 e. The van der Waals surface area contributed by atoms with Gasteiger partial charge in [0, 0.05) is 24.2 Å². The van der Waals surface area contributed by atoms with Gasteiger partial charge in [0.05, 0.1) is 0 Å². The molecule has 0 bridgehead atoms. The van der Waals surface area contributed by atoms with Crippen LogP contribution in [0.15, 0.2) is 0 Å². The van der Waals surface area contributed by atoms with Crippen molar-refractivity contribution in [3.63, 3.8) is 0 Å². The van der Waals surface area contributed by atoms with Crippen molar-refractivity contribution < 1.29 is 9.72 Å². The fourth-order valence-electron chi connectivity index (χ4n) is 1.25. The number of nitro groups is 1. The first-order chi connectivity index (χ1) is 6.22. The van der Waals surface area contributed by atoms with Gasteiger partial charge in [0.1, 0.15) is 6.29 Å². The highest BCUT2D eigenvalue weighted by atomic mass is 16.6. The van der Waals surface area contributed by atoms with Gasteiger partial charge in [-0.1, -0.05) is 19.8 Å². The molecule has 0 saturated heterocycles. The van der Waals surface area contributed by atoms with E-state index in [0.717, 1.165) is 25.5 Å². The summed E-state index contributed by atoms with van der Waals surface area (Å²) in [6.07, 6.45) is 5.04. The van der Waals surface area contributed by atoms with Gasteiger partial charge in [0.25, 0.3) is 0 Å². The van der Waals surface area contributed by atoms with Crippen LogP contribution in [0.1, 0.15) is 45.4 Å². The van der Waals surface area contributed by atoms with Crippen LogP contribution in [-0.2, 0) is 4.79 Å². The molecule has 1 atom stereocenters. The highest BCUT2D eigenvalue weighted by molar-refractivity contribution is 5.49. The highest BCUT2D eigenvalue weighted by Crippen LogP contribution is 2.10. The van der Waals surface area contributed by atoms with Gasteiger partial charge in [0.2, 0.25) is 6.04 Å². The third-order valence-corrected chi connectivity index (χ3v) is 2.06. The molecule has 0 amide bonds. The monoisotopic (exact) mass is 187 g/mol. The zero-order valence-electron chi connectivity index (χ0n) is 8.07. The fourth-order valence-corrected chi connectivity index (χ4v) is 1.25. The van der Waals surface area contributed by atoms with Crippen molar-refractivity contribution in [2.75, 3.05) is 0 Å². The molecule has 0 aliphatic heterocycles. The lowest BCUT2D eigenvalue weighted by molar-refractivity contribution is -0.524. The summed E-state index contributed by atoms with van der Waals surface area (Å²) in [6.45, 7) is 2.06. The van der Waals surface area contributed by atoms with Crippen LogP contribution >= 0.6 is 0 Å². The predicted molar refractivity (Wildman–Crippen MR) is 50.2 cm³/mol. The summed E-state index contributed by atoms with van der Waals surface area (Å²) in [5.41, 5.74) is 0. The van der Waals surface area contributed by atoms with Crippen molar-refractivity contribution in [2.24, 2.45) is 0 Å². The molecule has 0 N–H and O–H groups in total. The molecule has 0 heterocycles. The van der Waals surface area contributed by atoms with Gasteiger partial charge in [-0.05, 0) is 6.42 Å². The van der Waals surface area contributed by atoms with Gasteiger partial charge >= 0.3 is 0 Å². The molecule has 0 aromatic heterocycles. The van der Waals surface area contributed by atoms with Crippen LogP contribution in [0.25, 0.3) is 0 Å². The Morgan fingerprint density at radius 1 is 1.38 bits per heavy atom. The minimum atomic E-state index is -0.517. The van der Waals surface area contributed by atoms with Gasteiger partial charge in [-0.25, -0.2) is 0 Å². The Labute approximate surface area is 78.5 Å². The van der Waals surface area contributed by atoms with Crippen LogP contribution < -0.4 is 0 Å². The second-order valence-corrected chi connectivity index (χ2v) is 3.18. The first-order valence-corrected chi connectivity index (χ1v) is 4.79. The molecule has 4 heteroatoms. The van der Waals surface area contributed by atoms with Crippen molar-refractivity contribution in [1.82, 2.24) is 0 Å². The Morgan fingerprint density at radius 3 is 2.54 bits per heavy atom. The molecule has 0 aromatic rings. The molecule has 0 fully saturated rings. The van der Waals surface area contributed by atoms with Gasteiger partial charge in [-0.15, -0.1) is 0 Å². The summed E-state index contributed by atoms with van der Waals surface area (Å²) in [4.78, 5) is 20.3. The van der Waals surface area contributed by atoms with E-state index >= 15 is 0 Å². The Balaban J connectivity index is 3.66. The molecule has 0 saturated carbocycles. The highest BCUT2D eigenvalue weighted by Gasteiger charge is 2.18.